The lowest BCUT2D eigenvalue weighted by molar-refractivity contribution is -0.159. The van der Waals surface area contributed by atoms with Gasteiger partial charge in [-0.1, -0.05) is 5.16 Å². The van der Waals surface area contributed by atoms with Gasteiger partial charge in [0.25, 0.3) is 5.91 Å². The SMILES string of the molecule is CC1COc2cc(-c3noc(C(F)(F)F)n3)cc(F)c2CN1C(=O)c1ccncc1. The fraction of sp³-hybridized carbons (Fsp3) is 0.263. The van der Waals surface area contributed by atoms with E-state index >= 15 is 0 Å². The smallest absolute Gasteiger partial charge is 0.471 e. The number of pyridine rings is 1. The molecule has 3 aromatic rings. The molecule has 4 rings (SSSR count). The van der Waals surface area contributed by atoms with Gasteiger partial charge in [-0.15, -0.1) is 0 Å². The Bertz CT molecular complexity index is 1090. The molecular weight excluding hydrogens is 408 g/mol. The number of benzene rings is 1. The first-order valence-corrected chi connectivity index (χ1v) is 8.81. The Balaban J connectivity index is 1.67. The molecule has 1 unspecified atom stereocenters. The summed E-state index contributed by atoms with van der Waals surface area (Å²) in [6.45, 7) is 1.73. The van der Waals surface area contributed by atoms with Crippen molar-refractivity contribution < 1.29 is 31.6 Å². The van der Waals surface area contributed by atoms with Crippen LogP contribution in [0.3, 0.4) is 0 Å². The van der Waals surface area contributed by atoms with Crippen LogP contribution in [-0.2, 0) is 12.7 Å². The van der Waals surface area contributed by atoms with Gasteiger partial charge in [0.1, 0.15) is 18.2 Å². The van der Waals surface area contributed by atoms with Crippen molar-refractivity contribution in [3.63, 3.8) is 0 Å². The molecule has 1 amide bonds. The second-order valence-electron chi connectivity index (χ2n) is 6.68. The zero-order chi connectivity index (χ0) is 21.5. The van der Waals surface area contributed by atoms with E-state index in [0.29, 0.717) is 5.56 Å². The van der Waals surface area contributed by atoms with Crippen molar-refractivity contribution >= 4 is 5.91 Å². The maximum absolute atomic E-state index is 14.9. The van der Waals surface area contributed by atoms with Gasteiger partial charge in [0.2, 0.25) is 5.82 Å². The van der Waals surface area contributed by atoms with Crippen LogP contribution in [-0.4, -0.2) is 38.6 Å². The number of amides is 1. The summed E-state index contributed by atoms with van der Waals surface area (Å²) in [6, 6.07) is 5.03. The first kappa shape index (κ1) is 19.8. The number of ether oxygens (including phenoxy) is 1. The highest BCUT2D eigenvalue weighted by Crippen LogP contribution is 2.34. The van der Waals surface area contributed by atoms with Crippen LogP contribution in [0.2, 0.25) is 0 Å². The van der Waals surface area contributed by atoms with E-state index in [0.717, 1.165) is 6.07 Å². The Kier molecular flexibility index (Phi) is 4.88. The second kappa shape index (κ2) is 7.39. The van der Waals surface area contributed by atoms with Crippen molar-refractivity contribution in [3.05, 3.63) is 59.5 Å². The van der Waals surface area contributed by atoms with Gasteiger partial charge in [-0.05, 0) is 31.2 Å². The highest BCUT2D eigenvalue weighted by atomic mass is 19.4. The molecule has 0 radical (unpaired) electrons. The normalized spacial score (nSPS) is 16.6. The fourth-order valence-electron chi connectivity index (χ4n) is 3.04. The van der Waals surface area contributed by atoms with Crippen LogP contribution < -0.4 is 4.74 Å². The minimum Gasteiger partial charge on any atom is -0.491 e. The number of carbonyl (C=O) groups excluding carboxylic acids is 1. The summed E-state index contributed by atoms with van der Waals surface area (Å²) in [6.07, 6.45) is -1.85. The topological polar surface area (TPSA) is 81.4 Å². The molecule has 0 N–H and O–H groups in total. The van der Waals surface area contributed by atoms with E-state index in [9.17, 15) is 22.4 Å². The summed E-state index contributed by atoms with van der Waals surface area (Å²) < 4.78 is 62.8. The van der Waals surface area contributed by atoms with Crippen molar-refractivity contribution in [1.29, 1.82) is 0 Å². The van der Waals surface area contributed by atoms with Crippen molar-refractivity contribution in [2.75, 3.05) is 6.61 Å². The summed E-state index contributed by atoms with van der Waals surface area (Å²) in [4.78, 5) is 21.4. The van der Waals surface area contributed by atoms with E-state index in [1.807, 2.05) is 0 Å². The largest absolute Gasteiger partial charge is 0.491 e. The van der Waals surface area contributed by atoms with Crippen LogP contribution in [0.15, 0.2) is 41.2 Å². The van der Waals surface area contributed by atoms with Gasteiger partial charge in [-0.2, -0.15) is 18.2 Å². The van der Waals surface area contributed by atoms with E-state index in [2.05, 4.69) is 19.6 Å². The molecule has 0 saturated heterocycles. The van der Waals surface area contributed by atoms with Gasteiger partial charge < -0.3 is 14.2 Å². The Labute approximate surface area is 167 Å². The minimum atomic E-state index is -4.81. The lowest BCUT2D eigenvalue weighted by atomic mass is 10.1. The number of nitrogens with zero attached hydrogens (tertiary/aromatic N) is 4. The first-order valence-electron chi connectivity index (χ1n) is 8.81. The Morgan fingerprint density at radius 2 is 1.97 bits per heavy atom. The molecule has 3 heterocycles. The van der Waals surface area contributed by atoms with E-state index in [1.54, 1.807) is 19.1 Å². The van der Waals surface area contributed by atoms with Gasteiger partial charge in [0.05, 0.1) is 12.6 Å². The van der Waals surface area contributed by atoms with Crippen LogP contribution in [0.25, 0.3) is 11.4 Å². The lowest BCUT2D eigenvalue weighted by Crippen LogP contribution is -2.40. The number of fused-ring (bicyclic) bond motifs is 1. The van der Waals surface area contributed by atoms with E-state index < -0.39 is 23.7 Å². The van der Waals surface area contributed by atoms with Crippen molar-refractivity contribution in [2.24, 2.45) is 0 Å². The van der Waals surface area contributed by atoms with Crippen molar-refractivity contribution in [1.82, 2.24) is 20.0 Å². The molecule has 1 atom stereocenters. The number of halogens is 4. The number of carbonyl (C=O) groups is 1. The molecule has 7 nitrogen and oxygen atoms in total. The third kappa shape index (κ3) is 3.70. The molecular formula is C19H14F4N4O3. The Morgan fingerprint density at radius 1 is 1.23 bits per heavy atom. The second-order valence-corrected chi connectivity index (χ2v) is 6.68. The van der Waals surface area contributed by atoms with Gasteiger partial charge in [-0.3, -0.25) is 9.78 Å². The zero-order valence-corrected chi connectivity index (χ0v) is 15.5. The quantitative estimate of drug-likeness (QED) is 0.586. The number of aromatic nitrogens is 3. The predicted octanol–water partition coefficient (Wildman–Crippen LogP) is 3.71. The molecule has 0 aliphatic carbocycles. The Hall–Kier alpha value is -3.50. The Morgan fingerprint density at radius 3 is 2.63 bits per heavy atom. The summed E-state index contributed by atoms with van der Waals surface area (Å²) in [5.41, 5.74) is 0.459. The number of hydrogen-bond donors (Lipinski definition) is 0. The molecule has 156 valence electrons. The van der Waals surface area contributed by atoms with E-state index in [-0.39, 0.29) is 42.0 Å². The van der Waals surface area contributed by atoms with Gasteiger partial charge in [-0.25, -0.2) is 4.39 Å². The monoisotopic (exact) mass is 422 g/mol. The molecule has 0 bridgehead atoms. The van der Waals surface area contributed by atoms with Crippen LogP contribution in [0.5, 0.6) is 5.75 Å². The van der Waals surface area contributed by atoms with Crippen molar-refractivity contribution in [2.45, 2.75) is 25.7 Å². The molecule has 11 heteroatoms. The highest BCUT2D eigenvalue weighted by Gasteiger charge is 2.38. The van der Waals surface area contributed by atoms with Crippen LogP contribution in [0.1, 0.15) is 28.7 Å². The van der Waals surface area contributed by atoms with E-state index in [1.165, 1.54) is 23.4 Å². The molecule has 1 aliphatic rings. The van der Waals surface area contributed by atoms with Gasteiger partial charge in [0.15, 0.2) is 0 Å². The molecule has 1 aliphatic heterocycles. The first-order chi connectivity index (χ1) is 14.2. The van der Waals surface area contributed by atoms with Crippen LogP contribution in [0, 0.1) is 5.82 Å². The minimum absolute atomic E-state index is 0.0351. The molecule has 1 aromatic carbocycles. The molecule has 0 saturated carbocycles. The summed E-state index contributed by atoms with van der Waals surface area (Å²) >= 11 is 0. The number of alkyl halides is 3. The number of rotatable bonds is 2. The lowest BCUT2D eigenvalue weighted by Gasteiger charge is -2.26. The van der Waals surface area contributed by atoms with Crippen molar-refractivity contribution in [3.8, 4) is 17.1 Å². The summed E-state index contributed by atoms with van der Waals surface area (Å²) in [7, 11) is 0. The zero-order valence-electron chi connectivity index (χ0n) is 15.5. The molecule has 30 heavy (non-hydrogen) atoms. The number of hydrogen-bond acceptors (Lipinski definition) is 6. The molecule has 0 fully saturated rings. The third-order valence-electron chi connectivity index (χ3n) is 4.61. The standard InChI is InChI=1S/C19H14F4N4O3/c1-10-9-29-15-7-12(16-25-18(30-26-16)19(21,22)23)6-14(20)13(15)8-27(10)17(28)11-2-4-24-5-3-11/h2-7,10H,8-9H2,1H3. The van der Waals surface area contributed by atoms with Crippen LogP contribution >= 0.6 is 0 Å². The average molecular weight is 422 g/mol. The summed E-state index contributed by atoms with van der Waals surface area (Å²) in [5, 5.41) is 3.27. The molecule has 0 spiro atoms. The van der Waals surface area contributed by atoms with Gasteiger partial charge in [0, 0.05) is 29.1 Å². The third-order valence-corrected chi connectivity index (χ3v) is 4.61. The predicted molar refractivity (Wildman–Crippen MR) is 93.8 cm³/mol. The van der Waals surface area contributed by atoms with Gasteiger partial charge >= 0.3 is 12.1 Å². The maximum atomic E-state index is 14.9. The molecule has 2 aromatic heterocycles. The highest BCUT2D eigenvalue weighted by molar-refractivity contribution is 5.94. The fourth-order valence-corrected chi connectivity index (χ4v) is 3.04. The van der Waals surface area contributed by atoms with Crippen LogP contribution in [0.4, 0.5) is 17.6 Å². The summed E-state index contributed by atoms with van der Waals surface area (Å²) in [5.74, 6) is -2.94. The van der Waals surface area contributed by atoms with E-state index in [4.69, 9.17) is 4.74 Å². The maximum Gasteiger partial charge on any atom is 0.471 e. The average Bonchev–Trinajstić information content (AvgIpc) is 3.16.